The van der Waals surface area contributed by atoms with Crippen molar-refractivity contribution in [2.24, 2.45) is 28.6 Å². The summed E-state index contributed by atoms with van der Waals surface area (Å²) in [5.41, 5.74) is 0.685. The number of aliphatic hydroxyl groups excluding tert-OH is 1. The van der Waals surface area contributed by atoms with E-state index >= 15 is 0 Å². The lowest BCUT2D eigenvalue weighted by atomic mass is 9.45. The largest absolute Gasteiger partial charge is 0.455 e. The molecule has 1 N–H and O–H groups in total. The van der Waals surface area contributed by atoms with Crippen molar-refractivity contribution in [1.29, 1.82) is 0 Å². The maximum atomic E-state index is 12.7. The number of ketones is 1. The minimum absolute atomic E-state index is 0.00860. The van der Waals surface area contributed by atoms with E-state index in [1.54, 1.807) is 6.08 Å². The van der Waals surface area contributed by atoms with Crippen molar-refractivity contribution in [3.8, 4) is 0 Å². The lowest BCUT2D eigenvalue weighted by Gasteiger charge is -2.60. The highest BCUT2D eigenvalue weighted by Crippen LogP contribution is 2.61. The molecule has 4 nitrogen and oxygen atoms in total. The summed E-state index contributed by atoms with van der Waals surface area (Å²) in [6, 6.07) is 0. The third kappa shape index (κ3) is 2.54. The highest BCUT2D eigenvalue weighted by Gasteiger charge is 2.59. The molecule has 1 aliphatic heterocycles. The predicted octanol–water partition coefficient (Wildman–Crippen LogP) is 3.28. The number of cyclic esters (lactones) is 1. The van der Waals surface area contributed by atoms with Gasteiger partial charge in [-0.2, -0.15) is 0 Å². The molecule has 0 radical (unpaired) electrons. The van der Waals surface area contributed by atoms with E-state index in [1.165, 1.54) is 0 Å². The Hall–Kier alpha value is -1.16. The van der Waals surface area contributed by atoms with Crippen LogP contribution in [0.4, 0.5) is 0 Å². The zero-order valence-corrected chi connectivity index (χ0v) is 15.5. The van der Waals surface area contributed by atoms with Gasteiger partial charge in [0.1, 0.15) is 11.9 Å². The number of Topliss-reactive ketones (excluding diaryl/α,β-unsaturated/α-hetero) is 1. The normalized spacial score (nSPS) is 44.8. The van der Waals surface area contributed by atoms with Crippen LogP contribution in [0.25, 0.3) is 0 Å². The van der Waals surface area contributed by atoms with Gasteiger partial charge in [0, 0.05) is 18.4 Å². The van der Waals surface area contributed by atoms with Crippen LogP contribution in [0.5, 0.6) is 0 Å². The van der Waals surface area contributed by atoms with Crippen LogP contribution in [0.1, 0.15) is 60.3 Å². The molecule has 3 aliphatic rings. The first kappa shape index (κ1) is 17.7. The van der Waals surface area contributed by atoms with Crippen LogP contribution in [0, 0.1) is 28.6 Å². The number of aliphatic hydroxyl groups is 1. The van der Waals surface area contributed by atoms with Crippen LogP contribution >= 0.6 is 0 Å². The van der Waals surface area contributed by atoms with Crippen LogP contribution in [0.3, 0.4) is 0 Å². The Morgan fingerprint density at radius 3 is 2.54 bits per heavy atom. The molecule has 0 unspecified atom stereocenters. The molecule has 1 heterocycles. The van der Waals surface area contributed by atoms with Crippen molar-refractivity contribution in [2.75, 3.05) is 0 Å². The van der Waals surface area contributed by atoms with Crippen LogP contribution in [0.2, 0.25) is 0 Å². The Morgan fingerprint density at radius 2 is 1.96 bits per heavy atom. The van der Waals surface area contributed by atoms with Crippen LogP contribution in [-0.4, -0.2) is 29.1 Å². The molecule has 2 fully saturated rings. The standard InChI is InChI=1S/C20H30O4/c1-11-8-18(23)24-15(11)9-13-12(2)14(21)10-16-19(3,4)17(22)6-7-20(13,16)5/h8,12-13,15-17,22H,6-7,9-10H2,1-5H3/t12-,13-,15-,16-,17+,20+/m1/s1. The first-order valence-electron chi connectivity index (χ1n) is 9.17. The number of hydrogen-bond acceptors (Lipinski definition) is 4. The average molecular weight is 334 g/mol. The number of carbonyl (C=O) groups excluding carboxylic acids is 2. The second-order valence-electron chi connectivity index (χ2n) is 9.05. The monoisotopic (exact) mass is 334 g/mol. The van der Waals surface area contributed by atoms with Crippen LogP contribution in [0.15, 0.2) is 11.6 Å². The molecule has 0 amide bonds. The molecule has 134 valence electrons. The van der Waals surface area contributed by atoms with Gasteiger partial charge in [-0.15, -0.1) is 0 Å². The first-order chi connectivity index (χ1) is 11.1. The smallest absolute Gasteiger partial charge is 0.331 e. The average Bonchev–Trinajstić information content (AvgIpc) is 2.81. The summed E-state index contributed by atoms with van der Waals surface area (Å²) in [4.78, 5) is 24.3. The van der Waals surface area contributed by atoms with Gasteiger partial charge in [0.15, 0.2) is 0 Å². The Balaban J connectivity index is 1.93. The fourth-order valence-electron chi connectivity index (χ4n) is 5.68. The SMILES string of the molecule is CC1=CC(=O)O[C@@H]1C[C@@H]1[C@@H](C)C(=O)C[C@@H]2C(C)(C)[C@@H](O)CC[C@@]12C. The summed E-state index contributed by atoms with van der Waals surface area (Å²) < 4.78 is 5.47. The van der Waals surface area contributed by atoms with Gasteiger partial charge in [-0.3, -0.25) is 4.79 Å². The predicted molar refractivity (Wildman–Crippen MR) is 91.2 cm³/mol. The topological polar surface area (TPSA) is 63.6 Å². The van der Waals surface area contributed by atoms with E-state index in [9.17, 15) is 14.7 Å². The molecule has 2 saturated carbocycles. The summed E-state index contributed by atoms with van der Waals surface area (Å²) >= 11 is 0. The molecule has 0 aromatic rings. The Morgan fingerprint density at radius 1 is 1.29 bits per heavy atom. The van der Waals surface area contributed by atoms with E-state index in [-0.39, 0.29) is 52.5 Å². The van der Waals surface area contributed by atoms with Crippen molar-refractivity contribution in [2.45, 2.75) is 72.5 Å². The summed E-state index contributed by atoms with van der Waals surface area (Å²) in [6.07, 6.45) is 3.96. The van der Waals surface area contributed by atoms with E-state index < -0.39 is 0 Å². The van der Waals surface area contributed by atoms with Gasteiger partial charge in [0.05, 0.1) is 6.10 Å². The van der Waals surface area contributed by atoms with E-state index in [0.29, 0.717) is 12.8 Å². The molecular weight excluding hydrogens is 304 g/mol. The van der Waals surface area contributed by atoms with Crippen molar-refractivity contribution in [3.05, 3.63) is 11.6 Å². The van der Waals surface area contributed by atoms with E-state index in [2.05, 4.69) is 20.8 Å². The molecule has 6 atom stereocenters. The maximum Gasteiger partial charge on any atom is 0.331 e. The molecule has 0 aromatic carbocycles. The Labute approximate surface area is 144 Å². The summed E-state index contributed by atoms with van der Waals surface area (Å²) in [5.74, 6) is 0.340. The fraction of sp³-hybridized carbons (Fsp3) is 0.800. The van der Waals surface area contributed by atoms with Gasteiger partial charge in [-0.05, 0) is 54.4 Å². The third-order valence-corrected chi connectivity index (χ3v) is 7.45. The minimum atomic E-state index is -0.358. The third-order valence-electron chi connectivity index (χ3n) is 7.45. The molecule has 0 bridgehead atoms. The molecule has 0 saturated heterocycles. The zero-order valence-electron chi connectivity index (χ0n) is 15.5. The summed E-state index contributed by atoms with van der Waals surface area (Å²) in [5, 5.41) is 10.5. The number of carbonyl (C=O) groups is 2. The molecule has 0 spiro atoms. The highest BCUT2D eigenvalue weighted by molar-refractivity contribution is 5.86. The lowest BCUT2D eigenvalue weighted by Crippen LogP contribution is -2.58. The Kier molecular flexibility index (Phi) is 4.18. The number of esters is 1. The zero-order chi connectivity index (χ0) is 17.9. The molecule has 24 heavy (non-hydrogen) atoms. The number of hydrogen-bond donors (Lipinski definition) is 1. The van der Waals surface area contributed by atoms with Crippen molar-refractivity contribution in [1.82, 2.24) is 0 Å². The van der Waals surface area contributed by atoms with Gasteiger partial charge in [0.2, 0.25) is 0 Å². The quantitative estimate of drug-likeness (QED) is 0.787. The van der Waals surface area contributed by atoms with Gasteiger partial charge < -0.3 is 9.84 Å². The van der Waals surface area contributed by atoms with E-state index in [1.807, 2.05) is 13.8 Å². The number of fused-ring (bicyclic) bond motifs is 1. The second kappa shape index (κ2) is 5.69. The van der Waals surface area contributed by atoms with Crippen molar-refractivity contribution >= 4 is 11.8 Å². The molecule has 2 aliphatic carbocycles. The fourth-order valence-corrected chi connectivity index (χ4v) is 5.68. The van der Waals surface area contributed by atoms with E-state index in [4.69, 9.17) is 4.74 Å². The highest BCUT2D eigenvalue weighted by atomic mass is 16.5. The molecule has 0 aromatic heterocycles. The summed E-state index contributed by atoms with van der Waals surface area (Å²) in [6.45, 7) is 10.4. The van der Waals surface area contributed by atoms with Crippen LogP contribution < -0.4 is 0 Å². The molecule has 4 heteroatoms. The van der Waals surface area contributed by atoms with Gasteiger partial charge in [0.25, 0.3) is 0 Å². The minimum Gasteiger partial charge on any atom is -0.455 e. The Bertz CT molecular complexity index is 590. The first-order valence-corrected chi connectivity index (χ1v) is 9.17. The van der Waals surface area contributed by atoms with Gasteiger partial charge in [-0.25, -0.2) is 4.79 Å². The van der Waals surface area contributed by atoms with Gasteiger partial charge >= 0.3 is 5.97 Å². The van der Waals surface area contributed by atoms with Crippen molar-refractivity contribution < 1.29 is 19.4 Å². The maximum absolute atomic E-state index is 12.7. The molecule has 3 rings (SSSR count). The second-order valence-corrected chi connectivity index (χ2v) is 9.05. The molecular formula is C20H30O4. The lowest BCUT2D eigenvalue weighted by molar-refractivity contribution is -0.168. The van der Waals surface area contributed by atoms with Crippen molar-refractivity contribution in [3.63, 3.8) is 0 Å². The van der Waals surface area contributed by atoms with Crippen LogP contribution in [-0.2, 0) is 14.3 Å². The number of ether oxygens (including phenoxy) is 1. The van der Waals surface area contributed by atoms with Gasteiger partial charge in [-0.1, -0.05) is 27.7 Å². The summed E-state index contributed by atoms with van der Waals surface area (Å²) in [7, 11) is 0. The van der Waals surface area contributed by atoms with E-state index in [0.717, 1.165) is 18.4 Å². The number of rotatable bonds is 2.